The molecule has 4 aliphatic heterocycles. The first-order valence-electron chi connectivity index (χ1n) is 36.5. The van der Waals surface area contributed by atoms with Gasteiger partial charge < -0.3 is 97.8 Å². The Morgan fingerprint density at radius 2 is 1.18 bits per heavy atom. The van der Waals surface area contributed by atoms with Gasteiger partial charge in [-0.05, 0) is 88.6 Å². The lowest BCUT2D eigenvalue weighted by Gasteiger charge is -2.27. The van der Waals surface area contributed by atoms with Crippen molar-refractivity contribution in [2.24, 2.45) is 10.9 Å². The van der Waals surface area contributed by atoms with Gasteiger partial charge in [0.15, 0.2) is 29.2 Å². The Morgan fingerprint density at radius 1 is 0.630 bits per heavy atom. The van der Waals surface area contributed by atoms with E-state index in [2.05, 4.69) is 26.3 Å². The number of unbranched alkanes of at least 4 members (excludes halogenated alkanes) is 2. The first-order chi connectivity index (χ1) is 52.2. The monoisotopic (exact) mass is 1510 g/mol. The summed E-state index contributed by atoms with van der Waals surface area (Å²) in [6.07, 6.45) is 8.40. The molecule has 4 unspecified atom stereocenters. The smallest absolute Gasteiger partial charge is 0.416 e. The van der Waals surface area contributed by atoms with Crippen molar-refractivity contribution in [3.63, 3.8) is 0 Å². The molecule has 32 nitrogen and oxygen atoms in total. The summed E-state index contributed by atoms with van der Waals surface area (Å²) in [5.74, 6) is -2.24. The lowest BCUT2D eigenvalue weighted by Crippen LogP contribution is -2.53. The summed E-state index contributed by atoms with van der Waals surface area (Å²) in [6, 6.07) is 10.7. The molecule has 0 aliphatic carbocycles. The van der Waals surface area contributed by atoms with Crippen molar-refractivity contribution < 1.29 is 110 Å². The van der Waals surface area contributed by atoms with Crippen molar-refractivity contribution >= 4 is 76.6 Å². The summed E-state index contributed by atoms with van der Waals surface area (Å²) < 4.78 is 73.5. The number of rotatable bonds is 50. The highest BCUT2D eigenvalue weighted by atomic mass is 16.6. The third-order valence-corrected chi connectivity index (χ3v) is 17.2. The number of nitrogens with zero attached hydrogens (tertiary/aromatic N) is 5. The molecule has 0 fully saturated rings. The van der Waals surface area contributed by atoms with E-state index in [0.717, 1.165) is 27.4 Å². The number of nitrogens with one attached hydrogen (secondary N) is 4. The summed E-state index contributed by atoms with van der Waals surface area (Å²) in [5.41, 5.74) is 3.89. The molecule has 0 spiro atoms. The number of anilines is 2. The zero-order valence-electron chi connectivity index (χ0n) is 63.1. The molecule has 5 N–H and O–H groups in total. The fourth-order valence-electron chi connectivity index (χ4n) is 11.2. The lowest BCUT2D eigenvalue weighted by molar-refractivity contribution is -0.137. The van der Waals surface area contributed by atoms with Crippen LogP contribution in [0.25, 0.3) is 0 Å². The van der Waals surface area contributed by atoms with E-state index in [0.29, 0.717) is 159 Å². The van der Waals surface area contributed by atoms with Crippen LogP contribution in [-0.4, -0.2) is 257 Å². The SMILES string of the molecule is CCC(C)=CN1CC(O)N(C(=O)OCc2ccc(NC(=O)C(C)NC(=O)C(NC(=O)CCOCCOCCOCCOCCOCCOCCOCCOCCNC(=O)CCN3C(=O)C=CC3=O)C(C)C)cc2)c2cc(OCCCCCOc3cc4c(cc3OC)C(=O)N3C=C(C)CC3C=N4)c(OC)cc2C1=O. The molecule has 3 aromatic rings. The van der Waals surface area contributed by atoms with Gasteiger partial charge in [-0.1, -0.05) is 44.1 Å². The number of hydrogen-bond acceptors (Lipinski definition) is 24. The second kappa shape index (κ2) is 46.1. The van der Waals surface area contributed by atoms with Gasteiger partial charge in [0.2, 0.25) is 23.6 Å². The van der Waals surface area contributed by atoms with Crippen LogP contribution >= 0.6 is 0 Å². The molecule has 3 aromatic carbocycles. The van der Waals surface area contributed by atoms with Crippen LogP contribution in [0.5, 0.6) is 23.0 Å². The lowest BCUT2D eigenvalue weighted by atomic mass is 10.0. The topological polar surface area (TPSA) is 367 Å². The molecule has 0 bridgehead atoms. The van der Waals surface area contributed by atoms with E-state index in [-0.39, 0.29) is 105 Å². The average Bonchev–Trinajstić information content (AvgIpc) is 1.59. The number of imide groups is 1. The van der Waals surface area contributed by atoms with E-state index in [9.17, 15) is 48.3 Å². The van der Waals surface area contributed by atoms with Crippen molar-refractivity contribution in [1.29, 1.82) is 0 Å². The fourth-order valence-corrected chi connectivity index (χ4v) is 11.2. The summed E-state index contributed by atoms with van der Waals surface area (Å²) in [6.45, 7) is 16.6. The van der Waals surface area contributed by atoms with Crippen LogP contribution in [0.15, 0.2) is 89.2 Å². The zero-order valence-corrected chi connectivity index (χ0v) is 63.1. The molecule has 0 saturated carbocycles. The average molecular weight is 1510 g/mol. The van der Waals surface area contributed by atoms with Crippen molar-refractivity contribution in [2.75, 3.05) is 163 Å². The van der Waals surface area contributed by atoms with Gasteiger partial charge in [-0.25, -0.2) is 9.69 Å². The van der Waals surface area contributed by atoms with Crippen LogP contribution in [0.2, 0.25) is 0 Å². The maximum atomic E-state index is 14.2. The van der Waals surface area contributed by atoms with E-state index >= 15 is 0 Å². The highest BCUT2D eigenvalue weighted by Crippen LogP contribution is 2.41. The van der Waals surface area contributed by atoms with Crippen LogP contribution in [0.4, 0.5) is 21.9 Å². The maximum absolute atomic E-state index is 14.2. The molecule has 592 valence electrons. The van der Waals surface area contributed by atoms with Gasteiger partial charge in [0.05, 0.1) is 168 Å². The molecule has 4 heterocycles. The standard InChI is InChI=1S/C76H105N9O23/c1-9-52(4)47-82-49-70(90)85(61-45-65(63(97-8)43-59(61)74(82)93)107-24-12-10-11-23-106-64-44-60-58(42-62(64)96-7)75(94)84-48-53(5)41-57(84)46-78-60)76(95)108-50-55-13-15-56(16-14-55)80-72(91)54(6)79-73(92)71(51(2)3)81-67(87)20-25-98-27-29-100-31-33-102-35-37-104-39-40-105-38-36-103-34-32-101-30-28-99-26-21-77-66(86)19-22-83-68(88)17-18-69(83)89/h13-18,42-48,51,54,57,70-71,90H,9-12,19-41,49-50H2,1-8H3,(H,77,86)(H,79,92)(H,80,91)(H,81,87). The van der Waals surface area contributed by atoms with E-state index in [1.165, 1.54) is 50.3 Å². The number of amides is 9. The minimum absolute atomic E-state index is 0.0160. The number of aliphatic hydroxyl groups excluding tert-OH is 1. The van der Waals surface area contributed by atoms with Gasteiger partial charge in [0, 0.05) is 74.5 Å². The molecule has 0 aromatic heterocycles. The van der Waals surface area contributed by atoms with Crippen LogP contribution < -0.4 is 45.1 Å². The van der Waals surface area contributed by atoms with E-state index in [1.807, 2.05) is 27.0 Å². The fraction of sp³-hybridized carbons (Fsp3) is 0.553. The summed E-state index contributed by atoms with van der Waals surface area (Å²) >= 11 is 0. The van der Waals surface area contributed by atoms with Gasteiger partial charge in [-0.15, -0.1) is 0 Å². The number of hydrogen-bond donors (Lipinski definition) is 5. The Balaban J connectivity index is 0.722. The first kappa shape index (κ1) is 85.9. The number of aliphatic hydroxyl groups is 1. The molecule has 4 atom stereocenters. The first-order valence-corrected chi connectivity index (χ1v) is 36.5. The van der Waals surface area contributed by atoms with Gasteiger partial charge >= 0.3 is 6.09 Å². The van der Waals surface area contributed by atoms with Crippen LogP contribution in [-0.2, 0) is 78.0 Å². The summed E-state index contributed by atoms with van der Waals surface area (Å²) in [7, 11) is 2.96. The van der Waals surface area contributed by atoms with Crippen LogP contribution in [0.3, 0.4) is 0 Å². The number of carbonyl (C=O) groups excluding carboxylic acids is 9. The zero-order chi connectivity index (χ0) is 77.7. The third-order valence-electron chi connectivity index (χ3n) is 17.2. The predicted molar refractivity (Wildman–Crippen MR) is 395 cm³/mol. The quantitative estimate of drug-likeness (QED) is 0.0323. The number of ether oxygens (including phenoxy) is 13. The largest absolute Gasteiger partial charge is 0.493 e. The molecule has 0 saturated heterocycles. The number of fused-ring (bicyclic) bond motifs is 3. The normalized spacial score (nSPS) is 16.0. The number of allylic oxidation sites excluding steroid dienone is 1. The Bertz CT molecular complexity index is 3590. The van der Waals surface area contributed by atoms with Gasteiger partial charge in [-0.2, -0.15) is 0 Å². The number of carbonyl (C=O) groups is 9. The number of β-amino-alcohol motifs (C(OH)–C–C–N with tert-alkyl or cyclic N) is 1. The van der Waals surface area contributed by atoms with Crippen LogP contribution in [0.1, 0.15) is 113 Å². The van der Waals surface area contributed by atoms with Gasteiger partial charge in [0.25, 0.3) is 23.6 Å². The molecule has 9 amide bonds. The second-order valence-electron chi connectivity index (χ2n) is 25.8. The van der Waals surface area contributed by atoms with Crippen molar-refractivity contribution in [2.45, 2.75) is 117 Å². The van der Waals surface area contributed by atoms with E-state index < -0.39 is 59.8 Å². The molecule has 4 aliphatic rings. The number of benzene rings is 3. The Hall–Kier alpha value is -9.38. The molecule has 7 rings (SSSR count). The Morgan fingerprint density at radius 3 is 1.73 bits per heavy atom. The summed E-state index contributed by atoms with van der Waals surface area (Å²) in [4.78, 5) is 126. The molecule has 108 heavy (non-hydrogen) atoms. The number of methoxy groups -OCH3 is 2. The third kappa shape index (κ3) is 27.7. The van der Waals surface area contributed by atoms with E-state index in [4.69, 9.17) is 61.6 Å². The highest BCUT2D eigenvalue weighted by Gasteiger charge is 2.38. The van der Waals surface area contributed by atoms with Gasteiger partial charge in [0.1, 0.15) is 18.7 Å². The minimum Gasteiger partial charge on any atom is -0.493 e. The summed E-state index contributed by atoms with van der Waals surface area (Å²) in [5, 5.41) is 22.6. The number of aliphatic imine (C=N–C) groups is 1. The van der Waals surface area contributed by atoms with Crippen molar-refractivity contribution in [3.05, 3.63) is 101 Å². The van der Waals surface area contributed by atoms with E-state index in [1.54, 1.807) is 67.6 Å². The molecule has 32 heteroatoms. The maximum Gasteiger partial charge on any atom is 0.416 e. The highest BCUT2D eigenvalue weighted by molar-refractivity contribution is 6.13. The van der Waals surface area contributed by atoms with Crippen LogP contribution in [0, 0.1) is 5.92 Å². The predicted octanol–water partition coefficient (Wildman–Crippen LogP) is 5.94. The molecular formula is C76H105N9O23. The molecular weight excluding hydrogens is 1410 g/mol. The second-order valence-corrected chi connectivity index (χ2v) is 25.8. The minimum atomic E-state index is -1.55. The van der Waals surface area contributed by atoms with Crippen molar-refractivity contribution in [3.8, 4) is 23.0 Å². The van der Waals surface area contributed by atoms with Gasteiger partial charge in [-0.3, -0.25) is 48.2 Å². The Kier molecular flexibility index (Phi) is 36.6. The Labute approximate surface area is 629 Å². The molecule has 0 radical (unpaired) electrons. The van der Waals surface area contributed by atoms with Crippen molar-refractivity contribution in [1.82, 2.24) is 30.7 Å².